The van der Waals surface area contributed by atoms with Gasteiger partial charge in [-0.1, -0.05) is 12.1 Å². The second kappa shape index (κ2) is 6.44. The van der Waals surface area contributed by atoms with Gasteiger partial charge < -0.3 is 9.88 Å². The van der Waals surface area contributed by atoms with Crippen molar-refractivity contribution in [1.29, 1.82) is 0 Å². The Kier molecular flexibility index (Phi) is 4.34. The molecule has 8 nitrogen and oxygen atoms in total. The topological polar surface area (TPSA) is 110 Å². The molecule has 0 spiro atoms. The summed E-state index contributed by atoms with van der Waals surface area (Å²) in [7, 11) is -3.11. The van der Waals surface area contributed by atoms with E-state index in [2.05, 4.69) is 20.5 Å². The van der Waals surface area contributed by atoms with E-state index in [-0.39, 0.29) is 18.0 Å². The summed E-state index contributed by atoms with van der Waals surface area (Å²) >= 11 is 0. The fourth-order valence-electron chi connectivity index (χ4n) is 2.32. The van der Waals surface area contributed by atoms with Crippen molar-refractivity contribution in [3.05, 3.63) is 48.0 Å². The first-order valence-electron chi connectivity index (χ1n) is 7.32. The van der Waals surface area contributed by atoms with Crippen molar-refractivity contribution in [3.8, 4) is 0 Å². The molecule has 0 aliphatic heterocycles. The predicted octanol–water partition coefficient (Wildman–Crippen LogP) is 0.582. The van der Waals surface area contributed by atoms with Crippen molar-refractivity contribution >= 4 is 26.8 Å². The Morgan fingerprint density at radius 3 is 2.92 bits per heavy atom. The van der Waals surface area contributed by atoms with Crippen LogP contribution in [0, 0.1) is 0 Å². The minimum absolute atomic E-state index is 0.0615. The molecule has 1 amide bonds. The van der Waals surface area contributed by atoms with Crippen LogP contribution in [-0.2, 0) is 16.4 Å². The monoisotopic (exact) mass is 347 g/mol. The third-order valence-electron chi connectivity index (χ3n) is 3.49. The summed E-state index contributed by atoms with van der Waals surface area (Å²) < 4.78 is 24.1. The van der Waals surface area contributed by atoms with Crippen molar-refractivity contribution < 1.29 is 13.2 Å². The second-order valence-electron chi connectivity index (χ2n) is 5.53. The molecule has 0 bridgehead atoms. The Bertz CT molecular complexity index is 974. The Morgan fingerprint density at radius 2 is 2.12 bits per heavy atom. The van der Waals surface area contributed by atoms with Crippen LogP contribution in [0.25, 0.3) is 11.0 Å². The maximum atomic E-state index is 12.0. The molecule has 1 aromatic carbocycles. The molecule has 0 fully saturated rings. The average molecular weight is 347 g/mol. The van der Waals surface area contributed by atoms with E-state index in [1.807, 2.05) is 28.8 Å². The van der Waals surface area contributed by atoms with E-state index >= 15 is 0 Å². The molecule has 0 aliphatic carbocycles. The fourth-order valence-corrected chi connectivity index (χ4v) is 2.79. The van der Waals surface area contributed by atoms with Crippen LogP contribution in [0.1, 0.15) is 16.2 Å². The SMILES string of the molecule is CS(=O)(=O)CCNC(=O)c1cc(Cn2cnc3ccccc32)[nH]n1. The number of carbonyl (C=O) groups excluding carboxylic acids is 1. The molecule has 2 aromatic heterocycles. The van der Waals surface area contributed by atoms with Gasteiger partial charge in [0.1, 0.15) is 15.5 Å². The molecule has 0 aliphatic rings. The van der Waals surface area contributed by atoms with Crippen molar-refractivity contribution in [2.75, 3.05) is 18.6 Å². The molecule has 126 valence electrons. The standard InChI is InChI=1S/C15H17N5O3S/c1-24(22,23)7-6-16-15(21)13-8-11(18-19-13)9-20-10-17-12-4-2-3-5-14(12)20/h2-5,8,10H,6-7,9H2,1H3,(H,16,21)(H,18,19). The Labute approximate surface area is 138 Å². The van der Waals surface area contributed by atoms with Crippen LogP contribution in [0.2, 0.25) is 0 Å². The third kappa shape index (κ3) is 3.80. The number of para-hydroxylation sites is 2. The number of nitrogens with zero attached hydrogens (tertiary/aromatic N) is 3. The van der Waals surface area contributed by atoms with E-state index in [1.54, 1.807) is 12.4 Å². The number of benzene rings is 1. The molecule has 3 aromatic rings. The molecule has 0 saturated carbocycles. The Morgan fingerprint density at radius 1 is 1.33 bits per heavy atom. The van der Waals surface area contributed by atoms with Gasteiger partial charge in [0.15, 0.2) is 0 Å². The predicted molar refractivity (Wildman–Crippen MR) is 89.5 cm³/mol. The molecule has 2 N–H and O–H groups in total. The van der Waals surface area contributed by atoms with Gasteiger partial charge >= 0.3 is 0 Å². The van der Waals surface area contributed by atoms with Crippen molar-refractivity contribution in [2.24, 2.45) is 0 Å². The van der Waals surface area contributed by atoms with E-state index < -0.39 is 15.7 Å². The van der Waals surface area contributed by atoms with Gasteiger partial charge in [-0.25, -0.2) is 13.4 Å². The first kappa shape index (κ1) is 16.2. The normalized spacial score (nSPS) is 11.7. The Balaban J connectivity index is 1.66. The molecule has 3 rings (SSSR count). The summed E-state index contributed by atoms with van der Waals surface area (Å²) in [6.07, 6.45) is 2.86. The smallest absolute Gasteiger partial charge is 0.271 e. The number of hydrogen-bond acceptors (Lipinski definition) is 5. The van der Waals surface area contributed by atoms with E-state index in [0.717, 1.165) is 23.0 Å². The molecule has 24 heavy (non-hydrogen) atoms. The van der Waals surface area contributed by atoms with Gasteiger partial charge in [-0.3, -0.25) is 9.89 Å². The van der Waals surface area contributed by atoms with E-state index in [0.29, 0.717) is 6.54 Å². The molecule has 0 unspecified atom stereocenters. The Hall–Kier alpha value is -2.68. The highest BCUT2D eigenvalue weighted by atomic mass is 32.2. The summed E-state index contributed by atoms with van der Waals surface area (Å²) in [6.45, 7) is 0.566. The first-order chi connectivity index (χ1) is 11.4. The van der Waals surface area contributed by atoms with Gasteiger partial charge in [0.05, 0.1) is 35.4 Å². The van der Waals surface area contributed by atoms with Crippen LogP contribution < -0.4 is 5.32 Å². The number of carbonyl (C=O) groups is 1. The number of aromatic nitrogens is 4. The fraction of sp³-hybridized carbons (Fsp3) is 0.267. The van der Waals surface area contributed by atoms with Gasteiger partial charge in [-0.05, 0) is 18.2 Å². The lowest BCUT2D eigenvalue weighted by Gasteiger charge is -2.01. The van der Waals surface area contributed by atoms with Gasteiger partial charge in [-0.2, -0.15) is 5.10 Å². The van der Waals surface area contributed by atoms with E-state index in [1.165, 1.54) is 0 Å². The molecule has 0 atom stereocenters. The van der Waals surface area contributed by atoms with E-state index in [4.69, 9.17) is 0 Å². The number of fused-ring (bicyclic) bond motifs is 1. The number of hydrogen-bond donors (Lipinski definition) is 2. The number of amides is 1. The van der Waals surface area contributed by atoms with Gasteiger partial charge in [0.25, 0.3) is 5.91 Å². The first-order valence-corrected chi connectivity index (χ1v) is 9.38. The van der Waals surface area contributed by atoms with Crippen molar-refractivity contribution in [3.63, 3.8) is 0 Å². The maximum absolute atomic E-state index is 12.0. The quantitative estimate of drug-likeness (QED) is 0.678. The van der Waals surface area contributed by atoms with Gasteiger partial charge in [0, 0.05) is 12.8 Å². The second-order valence-corrected chi connectivity index (χ2v) is 7.79. The molecule has 9 heteroatoms. The summed E-state index contributed by atoms with van der Waals surface area (Å²) in [4.78, 5) is 16.3. The van der Waals surface area contributed by atoms with Crippen LogP contribution in [0.15, 0.2) is 36.7 Å². The van der Waals surface area contributed by atoms with Crippen molar-refractivity contribution in [2.45, 2.75) is 6.54 Å². The van der Waals surface area contributed by atoms with E-state index in [9.17, 15) is 13.2 Å². The minimum atomic E-state index is -3.11. The summed E-state index contributed by atoms with van der Waals surface area (Å²) in [5, 5.41) is 9.33. The lowest BCUT2D eigenvalue weighted by atomic mass is 10.3. The summed E-state index contributed by atoms with van der Waals surface area (Å²) in [6, 6.07) is 9.41. The number of imidazole rings is 1. The number of aromatic amines is 1. The number of rotatable bonds is 6. The number of nitrogens with one attached hydrogen (secondary N) is 2. The van der Waals surface area contributed by atoms with Crippen LogP contribution in [0.5, 0.6) is 0 Å². The third-order valence-corrected chi connectivity index (χ3v) is 4.44. The molecular formula is C15H17N5O3S. The number of H-pyrrole nitrogens is 1. The number of sulfone groups is 1. The summed E-state index contributed by atoms with van der Waals surface area (Å²) in [5.74, 6) is -0.506. The lowest BCUT2D eigenvalue weighted by molar-refractivity contribution is 0.0951. The minimum Gasteiger partial charge on any atom is -0.350 e. The van der Waals surface area contributed by atoms with Gasteiger partial charge in [-0.15, -0.1) is 0 Å². The van der Waals surface area contributed by atoms with Crippen LogP contribution in [0.4, 0.5) is 0 Å². The highest BCUT2D eigenvalue weighted by Gasteiger charge is 2.12. The zero-order valence-corrected chi connectivity index (χ0v) is 13.9. The zero-order valence-electron chi connectivity index (χ0n) is 13.1. The molecule has 0 radical (unpaired) electrons. The average Bonchev–Trinajstić information content (AvgIpc) is 3.14. The largest absolute Gasteiger partial charge is 0.350 e. The van der Waals surface area contributed by atoms with Crippen LogP contribution in [0.3, 0.4) is 0 Å². The highest BCUT2D eigenvalue weighted by Crippen LogP contribution is 2.13. The van der Waals surface area contributed by atoms with Crippen molar-refractivity contribution in [1.82, 2.24) is 25.1 Å². The zero-order chi connectivity index (χ0) is 17.2. The lowest BCUT2D eigenvalue weighted by Crippen LogP contribution is -2.29. The van der Waals surface area contributed by atoms with Crippen LogP contribution in [-0.4, -0.2) is 52.6 Å². The maximum Gasteiger partial charge on any atom is 0.271 e. The molecule has 0 saturated heterocycles. The summed E-state index contributed by atoms with van der Waals surface area (Å²) in [5.41, 5.74) is 2.87. The molecular weight excluding hydrogens is 330 g/mol. The van der Waals surface area contributed by atoms with Gasteiger partial charge in [0.2, 0.25) is 0 Å². The molecule has 2 heterocycles. The van der Waals surface area contributed by atoms with Crippen LogP contribution >= 0.6 is 0 Å². The highest BCUT2D eigenvalue weighted by molar-refractivity contribution is 7.90.